The van der Waals surface area contributed by atoms with Gasteiger partial charge in [0, 0.05) is 42.0 Å². The fourth-order valence-electron chi connectivity index (χ4n) is 6.26. The summed E-state index contributed by atoms with van der Waals surface area (Å²) >= 11 is 6.39. The molecule has 1 amide bonds. The van der Waals surface area contributed by atoms with Gasteiger partial charge in [0.15, 0.2) is 0 Å². The predicted molar refractivity (Wildman–Crippen MR) is 167 cm³/mol. The number of aryl methyl sites for hydroxylation is 1. The van der Waals surface area contributed by atoms with Crippen LogP contribution in [0.2, 0.25) is 5.02 Å². The Morgan fingerprint density at radius 1 is 1.08 bits per heavy atom. The molecule has 214 valence electrons. The van der Waals surface area contributed by atoms with Crippen LogP contribution in [0.3, 0.4) is 0 Å². The number of anilines is 1. The van der Waals surface area contributed by atoms with Gasteiger partial charge in [-0.25, -0.2) is 0 Å². The van der Waals surface area contributed by atoms with Crippen molar-refractivity contribution < 1.29 is 14.6 Å². The monoisotopic (exact) mass is 572 g/mol. The first-order valence-electron chi connectivity index (χ1n) is 14.4. The number of fused-ring (bicyclic) bond motifs is 2. The Labute approximate surface area is 242 Å². The van der Waals surface area contributed by atoms with Crippen LogP contribution in [0.15, 0.2) is 36.4 Å². The molecule has 5 rings (SSSR count). The quantitative estimate of drug-likeness (QED) is 0.386. The summed E-state index contributed by atoms with van der Waals surface area (Å²) in [5.41, 5.74) is 4.40. The third-order valence-corrected chi connectivity index (χ3v) is 11.0. The highest BCUT2D eigenvalue weighted by Crippen LogP contribution is 2.43. The summed E-state index contributed by atoms with van der Waals surface area (Å²) < 4.78 is 9.67. The molecular weight excluding hydrogens is 528 g/mol. The molecule has 0 spiro atoms. The topological polar surface area (TPSA) is 61.8 Å². The first-order valence-corrected chi connectivity index (χ1v) is 16.3. The SMILES string of the molecule is C=S1NC(=O)c2ccc3c(c2)N(CC(c2ccc(Cl)cc2CCC)CO3)CC2CCC2CCC(C)C1C.CO. The van der Waals surface area contributed by atoms with Gasteiger partial charge >= 0.3 is 0 Å². The molecule has 5 nitrogen and oxygen atoms in total. The number of hydrogen-bond acceptors (Lipinski definition) is 4. The summed E-state index contributed by atoms with van der Waals surface area (Å²) in [5, 5.41) is 8.16. The molecule has 2 aromatic rings. The lowest BCUT2D eigenvalue weighted by molar-refractivity contribution is 0.0983. The average molecular weight is 573 g/mol. The lowest BCUT2D eigenvalue weighted by atomic mass is 9.70. The van der Waals surface area contributed by atoms with Crippen molar-refractivity contribution in [2.75, 3.05) is 31.7 Å². The Bertz CT molecular complexity index is 1170. The van der Waals surface area contributed by atoms with Gasteiger partial charge in [0.25, 0.3) is 5.91 Å². The average Bonchev–Trinajstić information content (AvgIpc) is 3.10. The van der Waals surface area contributed by atoms with Gasteiger partial charge in [0.05, 0.1) is 12.3 Å². The van der Waals surface area contributed by atoms with Gasteiger partial charge in [-0.05, 0) is 91.3 Å². The van der Waals surface area contributed by atoms with Gasteiger partial charge in [-0.2, -0.15) is 0 Å². The number of carbonyl (C=O) groups is 1. The third-order valence-electron chi connectivity index (χ3n) is 9.00. The molecule has 2 aliphatic heterocycles. The normalized spacial score (nSPS) is 28.8. The number of ether oxygens (including phenoxy) is 1. The fourth-order valence-corrected chi connectivity index (χ4v) is 7.69. The number of benzene rings is 2. The Morgan fingerprint density at radius 2 is 1.82 bits per heavy atom. The molecule has 0 saturated heterocycles. The van der Waals surface area contributed by atoms with E-state index in [4.69, 9.17) is 21.4 Å². The minimum Gasteiger partial charge on any atom is -0.491 e. The van der Waals surface area contributed by atoms with Gasteiger partial charge in [-0.1, -0.05) is 61.4 Å². The molecule has 1 aliphatic carbocycles. The number of halogens is 1. The maximum Gasteiger partial charge on any atom is 0.260 e. The molecule has 2 aromatic carbocycles. The minimum absolute atomic E-state index is 0.0394. The van der Waals surface area contributed by atoms with Crippen LogP contribution in [0.4, 0.5) is 5.69 Å². The van der Waals surface area contributed by atoms with Crippen molar-refractivity contribution in [2.45, 2.75) is 70.5 Å². The molecule has 3 aliphatic rings. The van der Waals surface area contributed by atoms with Crippen LogP contribution in [0.25, 0.3) is 0 Å². The van der Waals surface area contributed by atoms with Crippen molar-refractivity contribution in [3.63, 3.8) is 0 Å². The van der Waals surface area contributed by atoms with Gasteiger partial charge in [0.1, 0.15) is 5.75 Å². The van der Waals surface area contributed by atoms with E-state index in [9.17, 15) is 4.79 Å². The molecule has 0 aromatic heterocycles. The molecule has 2 bridgehead atoms. The highest BCUT2D eigenvalue weighted by molar-refractivity contribution is 8.13. The molecule has 7 heteroatoms. The van der Waals surface area contributed by atoms with Gasteiger partial charge < -0.3 is 19.5 Å². The van der Waals surface area contributed by atoms with Crippen molar-refractivity contribution in [1.82, 2.24) is 4.72 Å². The number of hydrogen-bond donors (Lipinski definition) is 2. The van der Waals surface area contributed by atoms with Crippen LogP contribution in [-0.4, -0.2) is 48.9 Å². The number of nitrogens with zero attached hydrogens (tertiary/aromatic N) is 1. The molecule has 39 heavy (non-hydrogen) atoms. The summed E-state index contributed by atoms with van der Waals surface area (Å²) in [6.07, 6.45) is 7.17. The smallest absolute Gasteiger partial charge is 0.260 e. The molecule has 1 saturated carbocycles. The summed E-state index contributed by atoms with van der Waals surface area (Å²) in [5.74, 6) is 7.43. The fraction of sp³-hybridized carbons (Fsp3) is 0.562. The lowest BCUT2D eigenvalue weighted by Gasteiger charge is -2.42. The molecule has 0 radical (unpaired) electrons. The second kappa shape index (κ2) is 13.6. The van der Waals surface area contributed by atoms with Crippen LogP contribution in [-0.2, 0) is 6.42 Å². The summed E-state index contributed by atoms with van der Waals surface area (Å²) in [6.45, 7) is 9.30. The van der Waals surface area contributed by atoms with Crippen LogP contribution in [0.1, 0.15) is 80.3 Å². The van der Waals surface area contributed by atoms with E-state index in [0.717, 1.165) is 55.4 Å². The number of aliphatic hydroxyl groups is 1. The van der Waals surface area contributed by atoms with E-state index in [1.165, 1.54) is 36.8 Å². The van der Waals surface area contributed by atoms with E-state index >= 15 is 0 Å². The number of aliphatic hydroxyl groups excluding tert-OH is 1. The molecule has 2 heterocycles. The van der Waals surface area contributed by atoms with Crippen molar-refractivity contribution in [3.8, 4) is 5.75 Å². The maximum atomic E-state index is 13.3. The molecule has 6 atom stereocenters. The second-order valence-corrected chi connectivity index (χ2v) is 13.6. The zero-order valence-electron chi connectivity index (χ0n) is 23.9. The van der Waals surface area contributed by atoms with E-state index in [1.54, 1.807) is 0 Å². The van der Waals surface area contributed by atoms with Crippen LogP contribution in [0, 0.1) is 17.8 Å². The Morgan fingerprint density at radius 3 is 2.54 bits per heavy atom. The highest BCUT2D eigenvalue weighted by atomic mass is 35.5. The van der Waals surface area contributed by atoms with E-state index < -0.39 is 10.7 Å². The standard InChI is InChI=1S/C31H41ClN2O2S.CH4O/c1-5-6-23-15-27(32)12-13-28(23)26-18-34-17-25-10-9-22(25)8-7-20(2)21(3)37(4)33-31(35)24-11-14-30(36-19-26)29(34)16-24;1-2/h11-16,20-22,25-26H,4-10,17-19H2,1-3H3,(H,33,35);2H,1H3. The molecular formula is C32H45ClN2O3S. The highest BCUT2D eigenvalue weighted by Gasteiger charge is 2.35. The number of carbonyl (C=O) groups excluding carboxylic acids is 1. The minimum atomic E-state index is -0.419. The summed E-state index contributed by atoms with van der Waals surface area (Å²) in [6, 6.07) is 12.3. The predicted octanol–water partition coefficient (Wildman–Crippen LogP) is 7.07. The number of nitrogens with one attached hydrogen (secondary N) is 1. The molecule has 1 fully saturated rings. The molecule has 2 N–H and O–H groups in total. The molecule has 6 unspecified atom stereocenters. The summed E-state index contributed by atoms with van der Waals surface area (Å²) in [7, 11) is 0.581. The Kier molecular flexibility index (Phi) is 10.4. The van der Waals surface area contributed by atoms with Crippen LogP contribution < -0.4 is 14.4 Å². The van der Waals surface area contributed by atoms with Gasteiger partial charge in [-0.3, -0.25) is 4.79 Å². The lowest BCUT2D eigenvalue weighted by Crippen LogP contribution is -2.40. The van der Waals surface area contributed by atoms with Crippen molar-refractivity contribution in [2.24, 2.45) is 17.8 Å². The number of amides is 1. The van der Waals surface area contributed by atoms with Gasteiger partial charge in [-0.15, -0.1) is 0 Å². The van der Waals surface area contributed by atoms with Crippen molar-refractivity contribution in [1.29, 1.82) is 0 Å². The second-order valence-electron chi connectivity index (χ2n) is 11.4. The zero-order valence-corrected chi connectivity index (χ0v) is 25.5. The van der Waals surface area contributed by atoms with Crippen LogP contribution >= 0.6 is 22.3 Å². The largest absolute Gasteiger partial charge is 0.491 e. The summed E-state index contributed by atoms with van der Waals surface area (Å²) in [4.78, 5) is 15.8. The van der Waals surface area contributed by atoms with E-state index in [1.807, 2.05) is 24.3 Å². The van der Waals surface area contributed by atoms with Gasteiger partial charge in [0.2, 0.25) is 0 Å². The Balaban J connectivity index is 0.00000172. The van der Waals surface area contributed by atoms with E-state index in [2.05, 4.69) is 48.4 Å². The first-order chi connectivity index (χ1) is 18.8. The zero-order chi connectivity index (χ0) is 28.1. The number of rotatable bonds is 3. The van der Waals surface area contributed by atoms with Crippen molar-refractivity contribution >= 4 is 39.7 Å². The van der Waals surface area contributed by atoms with E-state index in [-0.39, 0.29) is 11.8 Å². The first kappa shape index (κ1) is 30.0. The van der Waals surface area contributed by atoms with Crippen molar-refractivity contribution in [3.05, 3.63) is 58.1 Å². The van der Waals surface area contributed by atoms with E-state index in [0.29, 0.717) is 29.3 Å². The Hall–Kier alpha value is -2.02. The maximum absolute atomic E-state index is 13.3. The third kappa shape index (κ3) is 6.83. The van der Waals surface area contributed by atoms with Crippen LogP contribution in [0.5, 0.6) is 5.75 Å².